The zero-order valence-corrected chi connectivity index (χ0v) is 19.1. The van der Waals surface area contributed by atoms with Gasteiger partial charge in [-0.2, -0.15) is 0 Å². The zero-order valence-electron chi connectivity index (χ0n) is 18.2. The normalized spacial score (nSPS) is 12.8. The standard InChI is InChI=1S/C22H34NO5P/c1-6-10-16-23(5)22(20-11-13-21(14-12-20)26-17-7-2)15-18-25-19-29(24,27-8-3)28-9-4/h7,11-14,17,22H,8-9,15-16,18-19H2,1-5H3/b17-7+. The van der Waals surface area contributed by atoms with E-state index in [0.717, 1.165) is 17.7 Å². The second-order valence-corrected chi connectivity index (χ2v) is 8.28. The first-order valence-corrected chi connectivity index (χ1v) is 11.7. The number of benzene rings is 1. The van der Waals surface area contributed by atoms with Crippen LogP contribution in [0, 0.1) is 11.8 Å². The van der Waals surface area contributed by atoms with Gasteiger partial charge in [0.15, 0.2) is 0 Å². The molecule has 0 amide bonds. The average molecular weight is 423 g/mol. The monoisotopic (exact) mass is 423 g/mol. The Kier molecular flexibility index (Phi) is 12.6. The minimum absolute atomic E-state index is 0.0456. The molecular weight excluding hydrogens is 389 g/mol. The van der Waals surface area contributed by atoms with E-state index in [-0.39, 0.29) is 12.4 Å². The van der Waals surface area contributed by atoms with Crippen LogP contribution in [0.3, 0.4) is 0 Å². The van der Waals surface area contributed by atoms with Crippen LogP contribution < -0.4 is 4.74 Å². The van der Waals surface area contributed by atoms with Gasteiger partial charge in [0.1, 0.15) is 12.1 Å². The average Bonchev–Trinajstić information content (AvgIpc) is 2.71. The lowest BCUT2D eigenvalue weighted by Gasteiger charge is -2.27. The van der Waals surface area contributed by atoms with Gasteiger partial charge in [-0.3, -0.25) is 9.46 Å². The molecule has 1 unspecified atom stereocenters. The fourth-order valence-corrected chi connectivity index (χ4v) is 4.11. The number of allylic oxidation sites excluding steroid dienone is 1. The molecule has 0 heterocycles. The lowest BCUT2D eigenvalue weighted by Crippen LogP contribution is -2.26. The third-order valence-electron chi connectivity index (χ3n) is 4.08. The number of ether oxygens (including phenoxy) is 2. The van der Waals surface area contributed by atoms with Gasteiger partial charge in [-0.1, -0.05) is 24.1 Å². The highest BCUT2D eigenvalue weighted by Crippen LogP contribution is 2.47. The highest BCUT2D eigenvalue weighted by molar-refractivity contribution is 7.53. The van der Waals surface area contributed by atoms with Gasteiger partial charge in [0.2, 0.25) is 0 Å². The Morgan fingerprint density at radius 2 is 1.83 bits per heavy atom. The Hall–Kier alpha value is -1.61. The van der Waals surface area contributed by atoms with Crippen LogP contribution in [0.4, 0.5) is 0 Å². The molecule has 0 fully saturated rings. The Morgan fingerprint density at radius 3 is 2.38 bits per heavy atom. The molecule has 0 aliphatic rings. The van der Waals surface area contributed by atoms with E-state index in [2.05, 4.69) is 16.7 Å². The van der Waals surface area contributed by atoms with Gasteiger partial charge in [-0.15, -0.1) is 5.92 Å². The summed E-state index contributed by atoms with van der Waals surface area (Å²) in [5.74, 6) is 6.82. The molecule has 0 aliphatic carbocycles. The molecule has 7 heteroatoms. The summed E-state index contributed by atoms with van der Waals surface area (Å²) < 4.78 is 34.2. The number of hydrogen-bond donors (Lipinski definition) is 0. The van der Waals surface area contributed by atoms with Gasteiger partial charge in [-0.25, -0.2) is 0 Å². The molecule has 0 aromatic heterocycles. The van der Waals surface area contributed by atoms with Crippen molar-refractivity contribution in [1.29, 1.82) is 0 Å². The lowest BCUT2D eigenvalue weighted by molar-refractivity contribution is 0.112. The largest absolute Gasteiger partial charge is 0.465 e. The summed E-state index contributed by atoms with van der Waals surface area (Å²) in [6.07, 6.45) is 4.16. The molecule has 29 heavy (non-hydrogen) atoms. The van der Waals surface area contributed by atoms with Gasteiger partial charge in [-0.05, 0) is 58.9 Å². The zero-order chi connectivity index (χ0) is 21.5. The minimum Gasteiger partial charge on any atom is -0.465 e. The molecule has 1 aromatic carbocycles. The van der Waals surface area contributed by atoms with Crippen molar-refractivity contribution in [3.05, 3.63) is 42.2 Å². The highest BCUT2D eigenvalue weighted by atomic mass is 31.2. The maximum absolute atomic E-state index is 12.5. The number of hydrogen-bond acceptors (Lipinski definition) is 6. The van der Waals surface area contributed by atoms with E-state index in [1.54, 1.807) is 20.1 Å². The van der Waals surface area contributed by atoms with Gasteiger partial charge >= 0.3 is 7.60 Å². The predicted octanol–water partition coefficient (Wildman–Crippen LogP) is 5.23. The molecule has 0 aliphatic heterocycles. The van der Waals surface area contributed by atoms with E-state index in [4.69, 9.17) is 18.5 Å². The molecule has 6 nitrogen and oxygen atoms in total. The smallest absolute Gasteiger partial charge is 0.356 e. The Bertz CT molecular complexity index is 698. The van der Waals surface area contributed by atoms with E-state index in [0.29, 0.717) is 26.4 Å². The van der Waals surface area contributed by atoms with E-state index in [9.17, 15) is 4.57 Å². The van der Waals surface area contributed by atoms with Crippen molar-refractivity contribution in [3.8, 4) is 17.6 Å². The summed E-state index contributed by atoms with van der Waals surface area (Å²) in [4.78, 5) is 2.17. The van der Waals surface area contributed by atoms with E-state index < -0.39 is 7.60 Å². The number of nitrogens with zero attached hydrogens (tertiary/aromatic N) is 1. The first kappa shape index (κ1) is 25.4. The maximum atomic E-state index is 12.5. The quantitative estimate of drug-likeness (QED) is 0.177. The van der Waals surface area contributed by atoms with Gasteiger partial charge in [0.25, 0.3) is 0 Å². The lowest BCUT2D eigenvalue weighted by atomic mass is 10.0. The Morgan fingerprint density at radius 1 is 1.17 bits per heavy atom. The Labute approximate surface area is 175 Å². The number of rotatable bonds is 14. The second kappa shape index (κ2) is 14.4. The fraction of sp³-hybridized carbons (Fsp3) is 0.545. The van der Waals surface area contributed by atoms with Crippen LogP contribution in [0.2, 0.25) is 0 Å². The van der Waals surface area contributed by atoms with Crippen molar-refractivity contribution in [2.45, 2.75) is 40.2 Å². The summed E-state index contributed by atoms with van der Waals surface area (Å²) in [6, 6.07) is 8.09. The van der Waals surface area contributed by atoms with Crippen molar-refractivity contribution in [3.63, 3.8) is 0 Å². The summed E-state index contributed by atoms with van der Waals surface area (Å²) >= 11 is 0. The fourth-order valence-electron chi connectivity index (χ4n) is 2.75. The molecule has 1 aromatic rings. The Balaban J connectivity index is 2.77. The molecule has 0 saturated carbocycles. The SMILES string of the molecule is CC#CCN(C)C(CCOCP(=O)(OCC)OCC)c1ccc(O/C=C/C)cc1. The van der Waals surface area contributed by atoms with E-state index in [1.165, 1.54) is 0 Å². The molecule has 1 atom stereocenters. The van der Waals surface area contributed by atoms with Crippen LogP contribution in [-0.4, -0.2) is 44.7 Å². The maximum Gasteiger partial charge on any atom is 0.356 e. The molecule has 0 bridgehead atoms. The molecule has 0 radical (unpaired) electrons. The summed E-state index contributed by atoms with van der Waals surface area (Å²) in [6.45, 7) is 9.03. The topological polar surface area (TPSA) is 57.2 Å². The van der Waals surface area contributed by atoms with Crippen molar-refractivity contribution in [2.24, 2.45) is 0 Å². The first-order chi connectivity index (χ1) is 14.0. The van der Waals surface area contributed by atoms with Crippen molar-refractivity contribution in [2.75, 3.05) is 39.8 Å². The third-order valence-corrected chi connectivity index (χ3v) is 5.88. The van der Waals surface area contributed by atoms with E-state index >= 15 is 0 Å². The predicted molar refractivity (Wildman–Crippen MR) is 117 cm³/mol. The minimum atomic E-state index is -3.19. The first-order valence-electron chi connectivity index (χ1n) is 9.93. The van der Waals surface area contributed by atoms with Crippen LogP contribution in [-0.2, 0) is 18.3 Å². The third kappa shape index (κ3) is 9.62. The molecule has 162 valence electrons. The highest BCUT2D eigenvalue weighted by Gasteiger charge is 2.24. The molecule has 0 N–H and O–H groups in total. The van der Waals surface area contributed by atoms with Gasteiger partial charge in [0.05, 0.1) is 26.0 Å². The van der Waals surface area contributed by atoms with Crippen molar-refractivity contribution >= 4 is 7.60 Å². The van der Waals surface area contributed by atoms with Crippen LogP contribution in [0.1, 0.15) is 45.7 Å². The molecular formula is C22H34NO5P. The summed E-state index contributed by atoms with van der Waals surface area (Å²) in [7, 11) is -1.16. The molecule has 0 spiro atoms. The molecule has 1 rings (SSSR count). The summed E-state index contributed by atoms with van der Waals surface area (Å²) in [5.41, 5.74) is 1.14. The molecule has 0 saturated heterocycles. The van der Waals surface area contributed by atoms with Crippen LogP contribution in [0.5, 0.6) is 5.75 Å². The summed E-state index contributed by atoms with van der Waals surface area (Å²) in [5, 5.41) is 0. The van der Waals surface area contributed by atoms with Crippen molar-refractivity contribution in [1.82, 2.24) is 4.90 Å². The van der Waals surface area contributed by atoms with Crippen molar-refractivity contribution < 1.29 is 23.1 Å². The van der Waals surface area contributed by atoms with Gasteiger partial charge < -0.3 is 18.5 Å². The van der Waals surface area contributed by atoms with Gasteiger partial charge in [0, 0.05) is 12.6 Å². The van der Waals surface area contributed by atoms with E-state index in [1.807, 2.05) is 51.2 Å². The van der Waals surface area contributed by atoms with Crippen LogP contribution >= 0.6 is 7.60 Å². The second-order valence-electron chi connectivity index (χ2n) is 6.29. The van der Waals surface area contributed by atoms with Crippen LogP contribution in [0.15, 0.2) is 36.6 Å². The van der Waals surface area contributed by atoms with Crippen LogP contribution in [0.25, 0.3) is 0 Å².